The molecule has 1 aliphatic rings. The Bertz CT molecular complexity index is 907. The molecule has 0 saturated heterocycles. The Balaban J connectivity index is 1.68. The number of halogens is 6. The fraction of sp³-hybridized carbons (Fsp3) is 0.417. The highest BCUT2D eigenvalue weighted by molar-refractivity contribution is 5.36. The predicted octanol–water partition coefficient (Wildman–Crippen LogP) is 8.28. The van der Waals surface area contributed by atoms with Crippen LogP contribution in [-0.4, -0.2) is 0 Å². The Morgan fingerprint density at radius 3 is 2.12 bits per heavy atom. The summed E-state index contributed by atoms with van der Waals surface area (Å²) in [5.74, 6) is -3.81. The first kappa shape index (κ1) is 24.0. The highest BCUT2D eigenvalue weighted by Crippen LogP contribution is 2.39. The lowest BCUT2D eigenvalue weighted by Gasteiger charge is -2.29. The van der Waals surface area contributed by atoms with Gasteiger partial charge in [0.1, 0.15) is 5.75 Å². The van der Waals surface area contributed by atoms with Gasteiger partial charge in [-0.25, -0.2) is 8.78 Å². The lowest BCUT2D eigenvalue weighted by Crippen LogP contribution is -2.22. The van der Waals surface area contributed by atoms with Crippen LogP contribution in [0.3, 0.4) is 0 Å². The summed E-state index contributed by atoms with van der Waals surface area (Å²) >= 11 is 0. The van der Waals surface area contributed by atoms with E-state index < -0.39 is 40.9 Å². The van der Waals surface area contributed by atoms with Crippen LogP contribution in [-0.2, 0) is 6.11 Å². The largest absolute Gasteiger partial charge is 0.453 e. The SMILES string of the molecule is CCCC1CCC(c2ccc(C(F)(F)Oc3cc(F)c(OC=C(F)F)c(F)c3)cc2)CC1. The van der Waals surface area contributed by atoms with Crippen molar-refractivity contribution in [1.29, 1.82) is 0 Å². The molecule has 1 saturated carbocycles. The molecular weight excluding hydrogens is 434 g/mol. The summed E-state index contributed by atoms with van der Waals surface area (Å²) in [6, 6.07) is 6.64. The van der Waals surface area contributed by atoms with Gasteiger partial charge >= 0.3 is 12.2 Å². The van der Waals surface area contributed by atoms with E-state index in [-0.39, 0.29) is 6.26 Å². The molecule has 2 aromatic rings. The summed E-state index contributed by atoms with van der Waals surface area (Å²) in [6.07, 6.45) is 0.347. The molecule has 32 heavy (non-hydrogen) atoms. The van der Waals surface area contributed by atoms with Crippen LogP contribution >= 0.6 is 0 Å². The normalized spacial score (nSPS) is 18.8. The van der Waals surface area contributed by atoms with Crippen LogP contribution in [0.5, 0.6) is 11.5 Å². The topological polar surface area (TPSA) is 18.5 Å². The summed E-state index contributed by atoms with van der Waals surface area (Å²) in [5, 5.41) is 0. The van der Waals surface area contributed by atoms with Gasteiger partial charge in [-0.2, -0.15) is 17.6 Å². The summed E-state index contributed by atoms with van der Waals surface area (Å²) < 4.78 is 89.7. The van der Waals surface area contributed by atoms with Gasteiger partial charge in [0, 0.05) is 12.1 Å². The van der Waals surface area contributed by atoms with Crippen LogP contribution in [0.2, 0.25) is 0 Å². The number of hydrogen-bond donors (Lipinski definition) is 0. The molecule has 0 spiro atoms. The molecule has 0 aliphatic heterocycles. The second-order valence-corrected chi connectivity index (χ2v) is 7.99. The molecular formula is C24H24F6O2. The van der Waals surface area contributed by atoms with Gasteiger partial charge in [-0.1, -0.05) is 31.9 Å². The van der Waals surface area contributed by atoms with Crippen molar-refractivity contribution in [2.45, 2.75) is 57.5 Å². The number of ether oxygens (including phenoxy) is 2. The molecule has 0 atom stereocenters. The molecule has 0 unspecified atom stereocenters. The van der Waals surface area contributed by atoms with Crippen molar-refractivity contribution in [2.24, 2.45) is 5.92 Å². The smallest absolute Gasteiger partial charge is 0.426 e. The third-order valence-corrected chi connectivity index (χ3v) is 5.75. The lowest BCUT2D eigenvalue weighted by molar-refractivity contribution is -0.185. The van der Waals surface area contributed by atoms with Crippen molar-refractivity contribution in [3.63, 3.8) is 0 Å². The standard InChI is InChI=1S/C24H24F6O2/c1-2-3-15-4-6-16(7-5-15)17-8-10-18(11-9-17)24(29,30)32-19-12-20(25)23(21(26)13-19)31-14-22(27)28/h8-16H,2-7H2,1H3. The Morgan fingerprint density at radius 2 is 1.59 bits per heavy atom. The van der Waals surface area contributed by atoms with Crippen LogP contribution in [0.15, 0.2) is 48.7 Å². The fourth-order valence-corrected chi connectivity index (χ4v) is 4.16. The van der Waals surface area contributed by atoms with Crippen molar-refractivity contribution < 1.29 is 35.8 Å². The Morgan fingerprint density at radius 1 is 1.00 bits per heavy atom. The van der Waals surface area contributed by atoms with E-state index in [2.05, 4.69) is 16.4 Å². The average molecular weight is 458 g/mol. The third kappa shape index (κ3) is 5.99. The maximum absolute atomic E-state index is 14.6. The van der Waals surface area contributed by atoms with Gasteiger partial charge < -0.3 is 9.47 Å². The van der Waals surface area contributed by atoms with Crippen LogP contribution in [0, 0.1) is 17.6 Å². The minimum Gasteiger partial charge on any atom is -0.453 e. The summed E-state index contributed by atoms with van der Waals surface area (Å²) in [7, 11) is 0. The molecule has 0 bridgehead atoms. The van der Waals surface area contributed by atoms with Crippen LogP contribution in [0.1, 0.15) is 62.5 Å². The molecule has 2 aromatic carbocycles. The zero-order valence-electron chi connectivity index (χ0n) is 17.5. The average Bonchev–Trinajstić information content (AvgIpc) is 2.73. The first-order valence-corrected chi connectivity index (χ1v) is 10.5. The zero-order chi connectivity index (χ0) is 23.3. The van der Waals surface area contributed by atoms with E-state index in [1.54, 1.807) is 12.1 Å². The van der Waals surface area contributed by atoms with Gasteiger partial charge in [0.15, 0.2) is 23.6 Å². The first-order chi connectivity index (χ1) is 15.2. The highest BCUT2D eigenvalue weighted by atomic mass is 19.3. The van der Waals surface area contributed by atoms with Gasteiger partial charge in [0.2, 0.25) is 0 Å². The van der Waals surface area contributed by atoms with E-state index in [9.17, 15) is 26.3 Å². The van der Waals surface area contributed by atoms with E-state index in [1.165, 1.54) is 18.6 Å². The molecule has 2 nitrogen and oxygen atoms in total. The van der Waals surface area contributed by atoms with Crippen LogP contribution in [0.25, 0.3) is 0 Å². The molecule has 0 amide bonds. The van der Waals surface area contributed by atoms with E-state index in [1.807, 2.05) is 0 Å². The minimum atomic E-state index is -3.86. The molecule has 0 heterocycles. The molecule has 1 fully saturated rings. The number of rotatable bonds is 8. The van der Waals surface area contributed by atoms with Crippen molar-refractivity contribution in [3.8, 4) is 11.5 Å². The zero-order valence-corrected chi connectivity index (χ0v) is 17.5. The molecule has 3 rings (SSSR count). The van der Waals surface area contributed by atoms with E-state index >= 15 is 0 Å². The number of hydrogen-bond acceptors (Lipinski definition) is 2. The lowest BCUT2D eigenvalue weighted by atomic mass is 9.77. The third-order valence-electron chi connectivity index (χ3n) is 5.75. The van der Waals surface area contributed by atoms with Crippen molar-refractivity contribution in [1.82, 2.24) is 0 Å². The van der Waals surface area contributed by atoms with Gasteiger partial charge in [-0.15, -0.1) is 0 Å². The van der Waals surface area contributed by atoms with Gasteiger partial charge in [0.25, 0.3) is 0 Å². The van der Waals surface area contributed by atoms with Crippen molar-refractivity contribution in [3.05, 3.63) is 71.5 Å². The molecule has 8 heteroatoms. The maximum atomic E-state index is 14.6. The Labute approximate surface area is 182 Å². The van der Waals surface area contributed by atoms with Gasteiger partial charge in [0.05, 0.1) is 5.56 Å². The molecule has 0 aromatic heterocycles. The van der Waals surface area contributed by atoms with Crippen LogP contribution in [0.4, 0.5) is 26.3 Å². The Kier molecular flexibility index (Phi) is 7.74. The van der Waals surface area contributed by atoms with E-state index in [0.29, 0.717) is 18.1 Å². The molecule has 174 valence electrons. The fourth-order valence-electron chi connectivity index (χ4n) is 4.16. The molecule has 0 radical (unpaired) electrons. The summed E-state index contributed by atoms with van der Waals surface area (Å²) in [4.78, 5) is 0. The van der Waals surface area contributed by atoms with Crippen molar-refractivity contribution >= 4 is 0 Å². The van der Waals surface area contributed by atoms with E-state index in [0.717, 1.165) is 43.6 Å². The summed E-state index contributed by atoms with van der Waals surface area (Å²) in [6.45, 7) is 2.17. The highest BCUT2D eigenvalue weighted by Gasteiger charge is 2.35. The van der Waals surface area contributed by atoms with Crippen molar-refractivity contribution in [2.75, 3.05) is 0 Å². The molecule has 1 aliphatic carbocycles. The Hall–Kier alpha value is -2.64. The van der Waals surface area contributed by atoms with Crippen LogP contribution < -0.4 is 9.47 Å². The van der Waals surface area contributed by atoms with E-state index in [4.69, 9.17) is 0 Å². The quantitative estimate of drug-likeness (QED) is 0.293. The monoisotopic (exact) mass is 458 g/mol. The number of benzene rings is 2. The minimum absolute atomic E-state index is 0.158. The number of alkyl halides is 2. The van der Waals surface area contributed by atoms with Gasteiger partial charge in [-0.05, 0) is 55.2 Å². The van der Waals surface area contributed by atoms with Gasteiger partial charge in [-0.3, -0.25) is 0 Å². The maximum Gasteiger partial charge on any atom is 0.426 e. The first-order valence-electron chi connectivity index (χ1n) is 10.5. The predicted molar refractivity (Wildman–Crippen MR) is 108 cm³/mol. The molecule has 0 N–H and O–H groups in total. The second kappa shape index (κ2) is 10.3. The second-order valence-electron chi connectivity index (χ2n) is 7.99. The summed E-state index contributed by atoms with van der Waals surface area (Å²) in [5.41, 5.74) is 0.510.